The van der Waals surface area contributed by atoms with Gasteiger partial charge in [-0.1, -0.05) is 78.1 Å². The fraction of sp³-hybridized carbons (Fsp3) is 0.310. The van der Waals surface area contributed by atoms with E-state index in [4.69, 9.17) is 34.8 Å². The maximum atomic E-state index is 13.7. The first-order valence-corrected chi connectivity index (χ1v) is 14.3. The third kappa shape index (κ3) is 9.26. The summed E-state index contributed by atoms with van der Waals surface area (Å²) in [6, 6.07) is 21.9. The molecule has 8 heteroatoms. The standard InChI is InChI=1S/C29H31Cl3N2O2S/c1-3-20(2)33-29(36)27(18-21-7-5-4-6-8-21)34(19-22-9-14-25(31)26(32)17-22)28(35)15-16-37-24-12-10-23(30)11-13-24/h4-14,17,20,27H,3,15-16,18-19H2,1-2H3,(H,33,36)/t20-,27-/m1/s1. The molecule has 0 aliphatic rings. The molecule has 0 saturated carbocycles. The van der Waals surface area contributed by atoms with Gasteiger partial charge in [-0.25, -0.2) is 0 Å². The second-order valence-corrected chi connectivity index (χ2v) is 11.3. The molecular formula is C29H31Cl3N2O2S. The number of amides is 2. The highest BCUT2D eigenvalue weighted by Gasteiger charge is 2.30. The number of thioether (sulfide) groups is 1. The zero-order chi connectivity index (χ0) is 26.8. The Bertz CT molecular complexity index is 1180. The Morgan fingerprint density at radius 2 is 1.62 bits per heavy atom. The summed E-state index contributed by atoms with van der Waals surface area (Å²) in [6.45, 7) is 4.22. The maximum Gasteiger partial charge on any atom is 0.243 e. The predicted molar refractivity (Wildman–Crippen MR) is 156 cm³/mol. The van der Waals surface area contributed by atoms with E-state index in [2.05, 4.69) is 5.32 Å². The monoisotopic (exact) mass is 576 g/mol. The molecule has 0 spiro atoms. The zero-order valence-corrected chi connectivity index (χ0v) is 24.0. The van der Waals surface area contributed by atoms with Crippen LogP contribution in [0.15, 0.2) is 77.7 Å². The largest absolute Gasteiger partial charge is 0.352 e. The Morgan fingerprint density at radius 3 is 2.27 bits per heavy atom. The molecule has 2 atom stereocenters. The van der Waals surface area contributed by atoms with E-state index in [1.165, 1.54) is 0 Å². The van der Waals surface area contributed by atoms with E-state index in [1.54, 1.807) is 28.8 Å². The SMILES string of the molecule is CC[C@@H](C)NC(=O)[C@@H](Cc1ccccc1)N(Cc1ccc(Cl)c(Cl)c1)C(=O)CCSc1ccc(Cl)cc1. The summed E-state index contributed by atoms with van der Waals surface area (Å²) in [5.74, 6) is 0.299. The summed E-state index contributed by atoms with van der Waals surface area (Å²) in [5.41, 5.74) is 1.79. The van der Waals surface area contributed by atoms with Crippen LogP contribution in [0.3, 0.4) is 0 Å². The van der Waals surface area contributed by atoms with E-state index in [0.717, 1.165) is 22.4 Å². The van der Waals surface area contributed by atoms with Crippen molar-refractivity contribution in [1.29, 1.82) is 0 Å². The molecule has 0 heterocycles. The lowest BCUT2D eigenvalue weighted by Crippen LogP contribution is -2.52. The van der Waals surface area contributed by atoms with Crippen LogP contribution in [0.4, 0.5) is 0 Å². The van der Waals surface area contributed by atoms with Crippen molar-refractivity contribution in [2.45, 2.75) is 56.6 Å². The summed E-state index contributed by atoms with van der Waals surface area (Å²) < 4.78 is 0. The van der Waals surface area contributed by atoms with Gasteiger partial charge >= 0.3 is 0 Å². The Morgan fingerprint density at radius 1 is 0.919 bits per heavy atom. The van der Waals surface area contributed by atoms with Gasteiger partial charge in [0.05, 0.1) is 10.0 Å². The van der Waals surface area contributed by atoms with Crippen molar-refractivity contribution in [3.05, 3.63) is 99.0 Å². The van der Waals surface area contributed by atoms with E-state index < -0.39 is 6.04 Å². The van der Waals surface area contributed by atoms with Gasteiger partial charge in [0, 0.05) is 41.1 Å². The number of benzene rings is 3. The lowest BCUT2D eigenvalue weighted by Gasteiger charge is -2.32. The minimum absolute atomic E-state index is 0.00633. The molecule has 0 radical (unpaired) electrons. The van der Waals surface area contributed by atoms with Crippen molar-refractivity contribution < 1.29 is 9.59 Å². The first kappa shape index (κ1) is 29.4. The summed E-state index contributed by atoms with van der Waals surface area (Å²) in [5, 5.41) is 4.60. The number of carbonyl (C=O) groups excluding carboxylic acids is 2. The molecule has 0 fully saturated rings. The van der Waals surface area contributed by atoms with Crippen LogP contribution < -0.4 is 5.32 Å². The molecule has 3 rings (SSSR count). The van der Waals surface area contributed by atoms with Crippen molar-refractivity contribution in [2.24, 2.45) is 0 Å². The summed E-state index contributed by atoms with van der Waals surface area (Å²) in [4.78, 5) is 29.9. The number of nitrogens with one attached hydrogen (secondary N) is 1. The van der Waals surface area contributed by atoms with E-state index in [0.29, 0.717) is 27.2 Å². The van der Waals surface area contributed by atoms with Crippen molar-refractivity contribution in [2.75, 3.05) is 5.75 Å². The van der Waals surface area contributed by atoms with Gasteiger partial charge < -0.3 is 10.2 Å². The Balaban J connectivity index is 1.87. The van der Waals surface area contributed by atoms with Crippen LogP contribution in [0.5, 0.6) is 0 Å². The number of hydrogen-bond donors (Lipinski definition) is 1. The van der Waals surface area contributed by atoms with Gasteiger partial charge in [0.1, 0.15) is 6.04 Å². The highest BCUT2D eigenvalue weighted by atomic mass is 35.5. The highest BCUT2D eigenvalue weighted by Crippen LogP contribution is 2.26. The average Bonchev–Trinajstić information content (AvgIpc) is 2.89. The Kier molecular flexibility index (Phi) is 11.7. The van der Waals surface area contributed by atoms with Crippen LogP contribution in [0, 0.1) is 0 Å². The van der Waals surface area contributed by atoms with Gasteiger partial charge in [-0.15, -0.1) is 11.8 Å². The van der Waals surface area contributed by atoms with Gasteiger partial charge in [-0.2, -0.15) is 0 Å². The number of rotatable bonds is 12. The van der Waals surface area contributed by atoms with Crippen LogP contribution in [-0.4, -0.2) is 34.6 Å². The molecule has 0 bridgehead atoms. The number of halogens is 3. The molecule has 3 aromatic rings. The highest BCUT2D eigenvalue weighted by molar-refractivity contribution is 7.99. The Labute approximate surface area is 238 Å². The quantitative estimate of drug-likeness (QED) is 0.225. The maximum absolute atomic E-state index is 13.7. The molecule has 2 amide bonds. The molecule has 0 aliphatic carbocycles. The van der Waals surface area contributed by atoms with Crippen LogP contribution in [0.2, 0.25) is 15.1 Å². The number of hydrogen-bond acceptors (Lipinski definition) is 3. The van der Waals surface area contributed by atoms with Crippen molar-refractivity contribution >= 4 is 58.4 Å². The fourth-order valence-electron chi connectivity index (χ4n) is 3.76. The third-order valence-corrected chi connectivity index (χ3v) is 8.01. The summed E-state index contributed by atoms with van der Waals surface area (Å²) >= 11 is 20.0. The second-order valence-electron chi connectivity index (χ2n) is 8.85. The van der Waals surface area contributed by atoms with E-state index in [9.17, 15) is 9.59 Å². The lowest BCUT2D eigenvalue weighted by atomic mass is 10.0. The molecule has 3 aromatic carbocycles. The summed E-state index contributed by atoms with van der Waals surface area (Å²) in [6.07, 6.45) is 1.47. The zero-order valence-electron chi connectivity index (χ0n) is 20.9. The number of carbonyl (C=O) groups is 2. The van der Waals surface area contributed by atoms with Crippen LogP contribution in [-0.2, 0) is 22.6 Å². The third-order valence-electron chi connectivity index (χ3n) is 6.01. The van der Waals surface area contributed by atoms with Crippen LogP contribution >= 0.6 is 46.6 Å². The molecule has 37 heavy (non-hydrogen) atoms. The van der Waals surface area contributed by atoms with Crippen molar-refractivity contribution in [3.63, 3.8) is 0 Å². The summed E-state index contributed by atoms with van der Waals surface area (Å²) in [7, 11) is 0. The van der Waals surface area contributed by atoms with E-state index in [1.807, 2.05) is 74.5 Å². The molecule has 0 unspecified atom stereocenters. The normalized spacial score (nSPS) is 12.6. The second kappa shape index (κ2) is 14.7. The molecule has 0 aromatic heterocycles. The minimum Gasteiger partial charge on any atom is -0.352 e. The first-order chi connectivity index (χ1) is 17.8. The molecule has 196 valence electrons. The van der Waals surface area contributed by atoms with E-state index >= 15 is 0 Å². The van der Waals surface area contributed by atoms with Crippen LogP contribution in [0.1, 0.15) is 37.8 Å². The van der Waals surface area contributed by atoms with Crippen molar-refractivity contribution in [1.82, 2.24) is 10.2 Å². The van der Waals surface area contributed by atoms with E-state index in [-0.39, 0.29) is 30.8 Å². The number of nitrogens with zero attached hydrogens (tertiary/aromatic N) is 1. The van der Waals surface area contributed by atoms with Crippen molar-refractivity contribution in [3.8, 4) is 0 Å². The molecule has 0 saturated heterocycles. The van der Waals surface area contributed by atoms with Crippen LogP contribution in [0.25, 0.3) is 0 Å². The lowest BCUT2D eigenvalue weighted by molar-refractivity contribution is -0.141. The average molecular weight is 578 g/mol. The van der Waals surface area contributed by atoms with Gasteiger partial charge in [0.2, 0.25) is 11.8 Å². The van der Waals surface area contributed by atoms with Gasteiger partial charge in [-0.3, -0.25) is 9.59 Å². The molecule has 4 nitrogen and oxygen atoms in total. The van der Waals surface area contributed by atoms with Gasteiger partial charge in [0.25, 0.3) is 0 Å². The van der Waals surface area contributed by atoms with Gasteiger partial charge in [-0.05, 0) is 60.9 Å². The van der Waals surface area contributed by atoms with Gasteiger partial charge in [0.15, 0.2) is 0 Å². The predicted octanol–water partition coefficient (Wildman–Crippen LogP) is 7.68. The fourth-order valence-corrected chi connectivity index (χ4v) is 5.05. The molecule has 1 N–H and O–H groups in total. The Hall–Kier alpha value is -2.18. The molecular weight excluding hydrogens is 547 g/mol. The topological polar surface area (TPSA) is 49.4 Å². The minimum atomic E-state index is -0.682. The smallest absolute Gasteiger partial charge is 0.243 e. The molecule has 0 aliphatic heterocycles. The first-order valence-electron chi connectivity index (χ1n) is 12.2.